The van der Waals surface area contributed by atoms with Crippen molar-refractivity contribution < 1.29 is 22.4 Å². The molecule has 0 bridgehead atoms. The number of hydrogen-bond donors (Lipinski definition) is 1. The highest BCUT2D eigenvalue weighted by Gasteiger charge is 2.33. The van der Waals surface area contributed by atoms with Gasteiger partial charge in [-0.3, -0.25) is 9.59 Å². The fourth-order valence-corrected chi connectivity index (χ4v) is 4.59. The standard InChI is InChI=1S/C24H32BrFN4O4S/c1-5-6-15-27-24(32)18(2)29(16-19-11-13-20(25)14-12-19)23(31)17-30(35(33,34)28(3)4)22-10-8-7-9-21(22)26/h7-14,18H,5-6,15-17H2,1-4H3,(H,27,32)/t18-/m1/s1. The van der Waals surface area contributed by atoms with Crippen LogP contribution in [-0.4, -0.2) is 62.7 Å². The van der Waals surface area contributed by atoms with Crippen LogP contribution in [0.2, 0.25) is 0 Å². The number of carbonyl (C=O) groups is 2. The quantitative estimate of drug-likeness (QED) is 0.395. The molecule has 35 heavy (non-hydrogen) atoms. The number of nitrogens with one attached hydrogen (secondary N) is 1. The fourth-order valence-electron chi connectivity index (χ4n) is 3.26. The molecule has 8 nitrogen and oxygen atoms in total. The van der Waals surface area contributed by atoms with Crippen LogP contribution in [0.1, 0.15) is 32.3 Å². The van der Waals surface area contributed by atoms with Crippen LogP contribution in [0, 0.1) is 5.82 Å². The molecule has 192 valence electrons. The lowest BCUT2D eigenvalue weighted by molar-refractivity contribution is -0.139. The number of halogens is 2. The van der Waals surface area contributed by atoms with Gasteiger partial charge in [0.2, 0.25) is 11.8 Å². The minimum atomic E-state index is -4.21. The van der Waals surface area contributed by atoms with Crippen LogP contribution in [0.15, 0.2) is 53.0 Å². The zero-order valence-electron chi connectivity index (χ0n) is 20.4. The summed E-state index contributed by atoms with van der Waals surface area (Å²) < 4.78 is 43.2. The van der Waals surface area contributed by atoms with Gasteiger partial charge in [0, 0.05) is 31.7 Å². The number of anilines is 1. The highest BCUT2D eigenvalue weighted by Crippen LogP contribution is 2.24. The van der Waals surface area contributed by atoms with Crippen LogP contribution in [0.5, 0.6) is 0 Å². The molecule has 0 aliphatic carbocycles. The lowest BCUT2D eigenvalue weighted by atomic mass is 10.1. The van der Waals surface area contributed by atoms with Gasteiger partial charge in [-0.05, 0) is 43.2 Å². The van der Waals surface area contributed by atoms with Crippen molar-refractivity contribution in [3.63, 3.8) is 0 Å². The number of nitrogens with zero attached hydrogens (tertiary/aromatic N) is 3. The first-order chi connectivity index (χ1) is 16.5. The summed E-state index contributed by atoms with van der Waals surface area (Å²) in [6, 6.07) is 11.7. The van der Waals surface area contributed by atoms with Gasteiger partial charge in [-0.2, -0.15) is 12.7 Å². The number of para-hydroxylation sites is 1. The summed E-state index contributed by atoms with van der Waals surface area (Å²) in [5.41, 5.74) is 0.501. The molecule has 0 aliphatic rings. The summed E-state index contributed by atoms with van der Waals surface area (Å²) in [5.74, 6) is -1.77. The van der Waals surface area contributed by atoms with Gasteiger partial charge in [0.05, 0.1) is 5.69 Å². The average Bonchev–Trinajstić information content (AvgIpc) is 2.82. The SMILES string of the molecule is CCCCNC(=O)[C@@H](C)N(Cc1ccc(Br)cc1)C(=O)CN(c1ccccc1F)S(=O)(=O)N(C)C. The molecular formula is C24H32BrFN4O4S. The Bertz CT molecular complexity index is 1110. The van der Waals surface area contributed by atoms with Gasteiger partial charge in [-0.15, -0.1) is 0 Å². The topological polar surface area (TPSA) is 90.0 Å². The Labute approximate surface area is 215 Å². The van der Waals surface area contributed by atoms with Crippen molar-refractivity contribution in [2.24, 2.45) is 0 Å². The molecule has 0 unspecified atom stereocenters. The second-order valence-electron chi connectivity index (χ2n) is 8.22. The van der Waals surface area contributed by atoms with Crippen LogP contribution in [0.4, 0.5) is 10.1 Å². The molecule has 1 atom stereocenters. The molecule has 0 spiro atoms. The molecule has 2 amide bonds. The molecule has 0 radical (unpaired) electrons. The van der Waals surface area contributed by atoms with Gasteiger partial charge in [-0.25, -0.2) is 8.70 Å². The molecular weight excluding hydrogens is 539 g/mol. The number of carbonyl (C=O) groups excluding carboxylic acids is 2. The van der Waals surface area contributed by atoms with Crippen molar-refractivity contribution >= 4 is 43.6 Å². The largest absolute Gasteiger partial charge is 0.354 e. The molecule has 11 heteroatoms. The zero-order chi connectivity index (χ0) is 26.2. The van der Waals surface area contributed by atoms with E-state index in [4.69, 9.17) is 0 Å². The van der Waals surface area contributed by atoms with Crippen molar-refractivity contribution in [1.29, 1.82) is 0 Å². The van der Waals surface area contributed by atoms with E-state index in [0.29, 0.717) is 6.54 Å². The lowest BCUT2D eigenvalue weighted by Gasteiger charge is -2.33. The molecule has 0 fully saturated rings. The highest BCUT2D eigenvalue weighted by atomic mass is 79.9. The number of rotatable bonds is 12. The third kappa shape index (κ3) is 7.74. The number of benzene rings is 2. The zero-order valence-corrected chi connectivity index (χ0v) is 22.8. The third-order valence-corrected chi connectivity index (χ3v) is 7.74. The third-order valence-electron chi connectivity index (χ3n) is 5.40. The summed E-state index contributed by atoms with van der Waals surface area (Å²) in [7, 11) is -1.61. The van der Waals surface area contributed by atoms with E-state index in [0.717, 1.165) is 37.6 Å². The summed E-state index contributed by atoms with van der Waals surface area (Å²) in [5, 5.41) is 2.82. The second-order valence-corrected chi connectivity index (χ2v) is 11.2. The second kappa shape index (κ2) is 13.0. The van der Waals surface area contributed by atoms with E-state index >= 15 is 0 Å². The Morgan fingerprint density at radius 3 is 2.29 bits per heavy atom. The van der Waals surface area contributed by atoms with E-state index < -0.39 is 34.5 Å². The Morgan fingerprint density at radius 2 is 1.71 bits per heavy atom. The van der Waals surface area contributed by atoms with Crippen LogP contribution in [0.25, 0.3) is 0 Å². The van der Waals surface area contributed by atoms with E-state index in [2.05, 4.69) is 21.2 Å². The summed E-state index contributed by atoms with van der Waals surface area (Å²) in [6.45, 7) is 3.45. The highest BCUT2D eigenvalue weighted by molar-refractivity contribution is 9.10. The maximum atomic E-state index is 14.6. The van der Waals surface area contributed by atoms with Crippen LogP contribution >= 0.6 is 15.9 Å². The predicted octanol–water partition coefficient (Wildman–Crippen LogP) is 3.53. The number of amides is 2. The van der Waals surface area contributed by atoms with E-state index in [1.807, 2.05) is 19.1 Å². The Balaban J connectivity index is 2.42. The van der Waals surface area contributed by atoms with Crippen LogP contribution in [-0.2, 0) is 26.3 Å². The van der Waals surface area contributed by atoms with Gasteiger partial charge in [0.25, 0.3) is 0 Å². The Hall–Kier alpha value is -2.50. The van der Waals surface area contributed by atoms with Crippen LogP contribution < -0.4 is 9.62 Å². The summed E-state index contributed by atoms with van der Waals surface area (Å²) in [6.07, 6.45) is 1.69. The summed E-state index contributed by atoms with van der Waals surface area (Å²) in [4.78, 5) is 27.7. The van der Waals surface area contributed by atoms with Crippen LogP contribution in [0.3, 0.4) is 0 Å². The van der Waals surface area contributed by atoms with E-state index in [9.17, 15) is 22.4 Å². The fraction of sp³-hybridized carbons (Fsp3) is 0.417. The first-order valence-corrected chi connectivity index (χ1v) is 13.4. The first-order valence-electron chi connectivity index (χ1n) is 11.2. The van der Waals surface area contributed by atoms with Crippen molar-refractivity contribution in [2.75, 3.05) is 31.5 Å². The molecule has 0 aromatic heterocycles. The Morgan fingerprint density at radius 1 is 1.09 bits per heavy atom. The summed E-state index contributed by atoms with van der Waals surface area (Å²) >= 11 is 3.37. The first kappa shape index (κ1) is 28.7. The predicted molar refractivity (Wildman–Crippen MR) is 138 cm³/mol. The average molecular weight is 572 g/mol. The smallest absolute Gasteiger partial charge is 0.304 e. The minimum Gasteiger partial charge on any atom is -0.354 e. The van der Waals surface area contributed by atoms with Gasteiger partial charge in [0.15, 0.2) is 0 Å². The maximum absolute atomic E-state index is 14.6. The molecule has 2 aromatic rings. The van der Waals surface area contributed by atoms with Gasteiger partial charge in [-0.1, -0.05) is 53.5 Å². The number of hydrogen-bond acceptors (Lipinski definition) is 4. The van der Waals surface area contributed by atoms with Gasteiger partial charge < -0.3 is 10.2 Å². The molecule has 0 saturated carbocycles. The van der Waals surface area contributed by atoms with Crippen molar-refractivity contribution in [3.8, 4) is 0 Å². The molecule has 0 saturated heterocycles. The van der Waals surface area contributed by atoms with E-state index in [1.54, 1.807) is 19.1 Å². The van der Waals surface area contributed by atoms with Gasteiger partial charge in [0.1, 0.15) is 18.4 Å². The van der Waals surface area contributed by atoms with Crippen molar-refractivity contribution in [1.82, 2.24) is 14.5 Å². The molecule has 0 heterocycles. The normalized spacial score (nSPS) is 12.3. The Kier molecular flexibility index (Phi) is 10.7. The monoisotopic (exact) mass is 570 g/mol. The van der Waals surface area contributed by atoms with E-state index in [1.165, 1.54) is 37.2 Å². The maximum Gasteiger partial charge on any atom is 0.304 e. The molecule has 0 aliphatic heterocycles. The van der Waals surface area contributed by atoms with E-state index in [-0.39, 0.29) is 18.1 Å². The van der Waals surface area contributed by atoms with Gasteiger partial charge >= 0.3 is 10.2 Å². The minimum absolute atomic E-state index is 0.0710. The lowest BCUT2D eigenvalue weighted by Crippen LogP contribution is -2.52. The van der Waals surface area contributed by atoms with Crippen molar-refractivity contribution in [3.05, 3.63) is 64.4 Å². The molecule has 1 N–H and O–H groups in total. The van der Waals surface area contributed by atoms with Crippen molar-refractivity contribution in [2.45, 2.75) is 39.3 Å². The molecule has 2 rings (SSSR count). The number of unbranched alkanes of at least 4 members (excludes halogenated alkanes) is 1. The molecule has 2 aromatic carbocycles.